The van der Waals surface area contributed by atoms with Gasteiger partial charge in [-0.15, -0.1) is 0 Å². The van der Waals surface area contributed by atoms with Gasteiger partial charge < -0.3 is 9.73 Å². The van der Waals surface area contributed by atoms with E-state index in [1.165, 1.54) is 0 Å². The van der Waals surface area contributed by atoms with Crippen molar-refractivity contribution in [2.75, 3.05) is 11.9 Å². The standard InChI is InChI=1S/C19H18F2N2O2S/c1-12(17-10-13-4-2-3-5-16(13)25-17)22-11-18(24)23-14-6-8-15(9-7-14)26-19(20)21/h2-10,12,19,22H,11H2,1H3,(H,23,24). The van der Waals surface area contributed by atoms with Crippen molar-refractivity contribution < 1.29 is 18.0 Å². The molecule has 136 valence electrons. The third kappa shape index (κ3) is 4.83. The van der Waals surface area contributed by atoms with E-state index in [1.807, 2.05) is 37.3 Å². The number of rotatable bonds is 7. The number of amides is 1. The Kier molecular flexibility index (Phi) is 5.90. The monoisotopic (exact) mass is 376 g/mol. The summed E-state index contributed by atoms with van der Waals surface area (Å²) in [7, 11) is 0. The fourth-order valence-corrected chi connectivity index (χ4v) is 2.99. The van der Waals surface area contributed by atoms with Gasteiger partial charge in [-0.25, -0.2) is 0 Å². The number of carbonyl (C=O) groups is 1. The van der Waals surface area contributed by atoms with Crippen LogP contribution in [0.1, 0.15) is 18.7 Å². The highest BCUT2D eigenvalue weighted by molar-refractivity contribution is 7.99. The molecule has 2 N–H and O–H groups in total. The molecular weight excluding hydrogens is 358 g/mol. The molecule has 3 rings (SSSR count). The summed E-state index contributed by atoms with van der Waals surface area (Å²) < 4.78 is 30.4. The molecule has 0 fully saturated rings. The maximum atomic E-state index is 12.3. The highest BCUT2D eigenvalue weighted by Gasteiger charge is 2.13. The van der Waals surface area contributed by atoms with Crippen LogP contribution in [0.25, 0.3) is 11.0 Å². The third-order valence-electron chi connectivity index (χ3n) is 3.80. The minimum atomic E-state index is -2.46. The van der Waals surface area contributed by atoms with E-state index in [0.29, 0.717) is 22.3 Å². The van der Waals surface area contributed by atoms with Gasteiger partial charge in [-0.3, -0.25) is 10.1 Å². The van der Waals surface area contributed by atoms with Gasteiger partial charge in [-0.05, 0) is 43.3 Å². The summed E-state index contributed by atoms with van der Waals surface area (Å²) >= 11 is 0.471. The van der Waals surface area contributed by atoms with Crippen LogP contribution in [0, 0.1) is 0 Å². The van der Waals surface area contributed by atoms with Gasteiger partial charge >= 0.3 is 0 Å². The molecule has 1 unspecified atom stereocenters. The molecule has 0 spiro atoms. The predicted octanol–water partition coefficient (Wildman–Crippen LogP) is 5.04. The molecule has 3 aromatic rings. The van der Waals surface area contributed by atoms with Gasteiger partial charge in [0.1, 0.15) is 11.3 Å². The number of thioether (sulfide) groups is 1. The lowest BCUT2D eigenvalue weighted by Crippen LogP contribution is -2.29. The second-order valence-corrected chi connectivity index (χ2v) is 6.80. The summed E-state index contributed by atoms with van der Waals surface area (Å²) in [6.07, 6.45) is 0. The van der Waals surface area contributed by atoms with E-state index in [4.69, 9.17) is 4.42 Å². The summed E-state index contributed by atoms with van der Waals surface area (Å²) in [6.45, 7) is 2.02. The van der Waals surface area contributed by atoms with Crippen LogP contribution in [0.4, 0.5) is 14.5 Å². The number of carbonyl (C=O) groups excluding carboxylic acids is 1. The van der Waals surface area contributed by atoms with E-state index in [9.17, 15) is 13.6 Å². The number of benzene rings is 2. The maximum Gasteiger partial charge on any atom is 0.288 e. The highest BCUT2D eigenvalue weighted by Crippen LogP contribution is 2.26. The zero-order valence-corrected chi connectivity index (χ0v) is 14.9. The smallest absolute Gasteiger partial charge is 0.288 e. The van der Waals surface area contributed by atoms with Crippen molar-refractivity contribution in [3.8, 4) is 0 Å². The Hall–Kier alpha value is -2.38. The van der Waals surface area contributed by atoms with Gasteiger partial charge in [0.2, 0.25) is 5.91 Å². The number of para-hydroxylation sites is 1. The van der Waals surface area contributed by atoms with Crippen molar-refractivity contribution in [1.82, 2.24) is 5.32 Å². The number of anilines is 1. The second kappa shape index (κ2) is 8.33. The molecule has 1 heterocycles. The van der Waals surface area contributed by atoms with E-state index in [2.05, 4.69) is 10.6 Å². The van der Waals surface area contributed by atoms with Crippen LogP contribution in [0.2, 0.25) is 0 Å². The van der Waals surface area contributed by atoms with Gasteiger partial charge in [-0.2, -0.15) is 8.78 Å². The van der Waals surface area contributed by atoms with Crippen LogP contribution in [0.15, 0.2) is 63.9 Å². The lowest BCUT2D eigenvalue weighted by atomic mass is 10.2. The molecule has 1 amide bonds. The van der Waals surface area contributed by atoms with Gasteiger partial charge in [-0.1, -0.05) is 30.0 Å². The quantitative estimate of drug-likeness (QED) is 0.568. The molecule has 0 aliphatic heterocycles. The first-order chi connectivity index (χ1) is 12.5. The maximum absolute atomic E-state index is 12.3. The molecule has 4 nitrogen and oxygen atoms in total. The molecule has 0 aliphatic rings. The molecule has 0 saturated carbocycles. The molecule has 1 atom stereocenters. The zero-order chi connectivity index (χ0) is 18.5. The van der Waals surface area contributed by atoms with Gasteiger partial charge in [0.25, 0.3) is 5.76 Å². The molecular formula is C19H18F2N2O2S. The number of furan rings is 1. The van der Waals surface area contributed by atoms with Crippen LogP contribution >= 0.6 is 11.8 Å². The Morgan fingerprint density at radius 3 is 2.58 bits per heavy atom. The number of halogens is 2. The summed E-state index contributed by atoms with van der Waals surface area (Å²) in [5, 5.41) is 6.85. The largest absolute Gasteiger partial charge is 0.459 e. The Bertz CT molecular complexity index is 848. The molecule has 1 aromatic heterocycles. The van der Waals surface area contributed by atoms with E-state index in [1.54, 1.807) is 24.3 Å². The van der Waals surface area contributed by atoms with Crippen molar-refractivity contribution >= 4 is 34.3 Å². The minimum Gasteiger partial charge on any atom is -0.459 e. The number of alkyl halides is 2. The van der Waals surface area contributed by atoms with Crippen LogP contribution in [0.3, 0.4) is 0 Å². The van der Waals surface area contributed by atoms with Crippen molar-refractivity contribution in [2.45, 2.75) is 23.6 Å². The van der Waals surface area contributed by atoms with Crippen LogP contribution < -0.4 is 10.6 Å². The average Bonchev–Trinajstić information content (AvgIpc) is 3.05. The van der Waals surface area contributed by atoms with Crippen LogP contribution in [-0.4, -0.2) is 18.2 Å². The van der Waals surface area contributed by atoms with E-state index in [0.717, 1.165) is 16.7 Å². The van der Waals surface area contributed by atoms with E-state index < -0.39 is 5.76 Å². The van der Waals surface area contributed by atoms with Crippen LogP contribution in [-0.2, 0) is 4.79 Å². The second-order valence-electron chi connectivity index (χ2n) is 5.74. The van der Waals surface area contributed by atoms with Crippen LogP contribution in [0.5, 0.6) is 0 Å². The SMILES string of the molecule is CC(NCC(=O)Nc1ccc(SC(F)F)cc1)c1cc2ccccc2o1. The summed E-state index contributed by atoms with van der Waals surface area (Å²) in [6, 6.07) is 15.9. The molecule has 0 radical (unpaired) electrons. The van der Waals surface area contributed by atoms with Crippen molar-refractivity contribution in [3.05, 3.63) is 60.4 Å². The van der Waals surface area contributed by atoms with E-state index >= 15 is 0 Å². The van der Waals surface area contributed by atoms with Crippen molar-refractivity contribution in [3.63, 3.8) is 0 Å². The molecule has 0 saturated heterocycles. The zero-order valence-electron chi connectivity index (χ0n) is 14.0. The number of hydrogen-bond donors (Lipinski definition) is 2. The van der Waals surface area contributed by atoms with Gasteiger partial charge in [0.05, 0.1) is 12.6 Å². The number of fused-ring (bicyclic) bond motifs is 1. The summed E-state index contributed by atoms with van der Waals surface area (Å²) in [4.78, 5) is 12.5. The molecule has 0 aliphatic carbocycles. The molecule has 7 heteroatoms. The Labute approximate surface area is 154 Å². The lowest BCUT2D eigenvalue weighted by Gasteiger charge is -2.11. The van der Waals surface area contributed by atoms with Gasteiger partial charge in [0.15, 0.2) is 0 Å². The van der Waals surface area contributed by atoms with Gasteiger partial charge in [0, 0.05) is 16.0 Å². The first-order valence-electron chi connectivity index (χ1n) is 8.08. The van der Waals surface area contributed by atoms with Crippen molar-refractivity contribution in [2.24, 2.45) is 0 Å². The Morgan fingerprint density at radius 1 is 1.15 bits per heavy atom. The third-order valence-corrected chi connectivity index (χ3v) is 4.53. The normalized spacial score (nSPS) is 12.5. The first kappa shape index (κ1) is 18.4. The fourth-order valence-electron chi connectivity index (χ4n) is 2.49. The van der Waals surface area contributed by atoms with Crippen molar-refractivity contribution in [1.29, 1.82) is 0 Å². The lowest BCUT2D eigenvalue weighted by molar-refractivity contribution is -0.115. The average molecular weight is 376 g/mol. The predicted molar refractivity (Wildman–Crippen MR) is 99.6 cm³/mol. The van der Waals surface area contributed by atoms with E-state index in [-0.39, 0.29) is 18.5 Å². The Morgan fingerprint density at radius 2 is 1.88 bits per heavy atom. The Balaban J connectivity index is 1.51. The summed E-state index contributed by atoms with van der Waals surface area (Å²) in [5.41, 5.74) is 1.37. The number of nitrogens with one attached hydrogen (secondary N) is 2. The topological polar surface area (TPSA) is 54.3 Å². The minimum absolute atomic E-state index is 0.103. The summed E-state index contributed by atoms with van der Waals surface area (Å²) in [5.74, 6) is -1.92. The molecule has 0 bridgehead atoms. The first-order valence-corrected chi connectivity index (χ1v) is 8.96. The highest BCUT2D eigenvalue weighted by atomic mass is 32.2. The molecule has 26 heavy (non-hydrogen) atoms. The molecule has 2 aromatic carbocycles. The fraction of sp³-hybridized carbons (Fsp3) is 0.211. The number of hydrogen-bond acceptors (Lipinski definition) is 4.